The van der Waals surface area contributed by atoms with E-state index in [-0.39, 0.29) is 11.5 Å². The molecule has 0 fully saturated rings. The fourth-order valence-corrected chi connectivity index (χ4v) is 4.24. The lowest BCUT2D eigenvalue weighted by molar-refractivity contribution is 0.628. The lowest BCUT2D eigenvalue weighted by atomic mass is 10.0. The van der Waals surface area contributed by atoms with Crippen LogP contribution < -0.4 is 5.69 Å². The largest absolute Gasteiger partial charge is 0.337 e. The maximum absolute atomic E-state index is 13.5. The minimum absolute atomic E-state index is 0.0723. The van der Waals surface area contributed by atoms with Gasteiger partial charge in [0.2, 0.25) is 0 Å². The predicted octanol–water partition coefficient (Wildman–Crippen LogP) is 4.80. The average Bonchev–Trinajstić information content (AvgIpc) is 3.45. The Morgan fingerprint density at radius 3 is 2.38 bits per heavy atom. The quantitative estimate of drug-likeness (QED) is 0.470. The number of aromatic amines is 1. The van der Waals surface area contributed by atoms with Gasteiger partial charge in [-0.25, -0.2) is 14.2 Å². The summed E-state index contributed by atoms with van der Waals surface area (Å²) < 4.78 is 16.7. The SMILES string of the molecule is Cn1c(=O)n(C)c2cc(-c3nc(-c4ccsc4)[nH]c3-c3ccc(F)cc3)ccc21. The van der Waals surface area contributed by atoms with Gasteiger partial charge in [-0.3, -0.25) is 9.13 Å². The smallest absolute Gasteiger partial charge is 0.328 e. The summed E-state index contributed by atoms with van der Waals surface area (Å²) in [5.41, 5.74) is 5.92. The third-order valence-corrected chi connectivity index (χ3v) is 5.86. The fraction of sp³-hybridized carbons (Fsp3) is 0.0909. The van der Waals surface area contributed by atoms with Gasteiger partial charge in [-0.05, 0) is 47.8 Å². The van der Waals surface area contributed by atoms with Crippen molar-refractivity contribution in [1.29, 1.82) is 0 Å². The zero-order valence-corrected chi connectivity index (χ0v) is 16.6. The molecular formula is C22H17FN4OS. The number of benzene rings is 2. The van der Waals surface area contributed by atoms with E-state index in [4.69, 9.17) is 4.98 Å². The lowest BCUT2D eigenvalue weighted by Gasteiger charge is -2.05. The summed E-state index contributed by atoms with van der Waals surface area (Å²) in [6.45, 7) is 0. The van der Waals surface area contributed by atoms with Gasteiger partial charge in [-0.2, -0.15) is 11.3 Å². The molecule has 2 aromatic carbocycles. The molecule has 0 bridgehead atoms. The van der Waals surface area contributed by atoms with Crippen molar-refractivity contribution in [2.75, 3.05) is 0 Å². The Balaban J connectivity index is 1.75. The molecule has 3 aromatic heterocycles. The van der Waals surface area contributed by atoms with Gasteiger partial charge in [0.1, 0.15) is 11.6 Å². The average molecular weight is 404 g/mol. The van der Waals surface area contributed by atoms with Gasteiger partial charge in [-0.15, -0.1) is 0 Å². The monoisotopic (exact) mass is 404 g/mol. The molecule has 0 spiro atoms. The summed E-state index contributed by atoms with van der Waals surface area (Å²) in [6.07, 6.45) is 0. The second-order valence-electron chi connectivity index (χ2n) is 6.93. The maximum Gasteiger partial charge on any atom is 0.328 e. The van der Waals surface area contributed by atoms with Crippen molar-refractivity contribution >= 4 is 22.4 Å². The second kappa shape index (κ2) is 6.56. The highest BCUT2D eigenvalue weighted by molar-refractivity contribution is 7.08. The number of imidazole rings is 2. The van der Waals surface area contributed by atoms with Gasteiger partial charge >= 0.3 is 5.69 Å². The molecule has 0 unspecified atom stereocenters. The van der Waals surface area contributed by atoms with Gasteiger partial charge in [0.15, 0.2) is 0 Å². The van der Waals surface area contributed by atoms with E-state index >= 15 is 0 Å². The van der Waals surface area contributed by atoms with Crippen LogP contribution in [0.3, 0.4) is 0 Å². The third kappa shape index (κ3) is 2.82. The minimum atomic E-state index is -0.284. The third-order valence-electron chi connectivity index (χ3n) is 5.18. The van der Waals surface area contributed by atoms with E-state index in [9.17, 15) is 9.18 Å². The Kier molecular flexibility index (Phi) is 3.99. The number of nitrogens with one attached hydrogen (secondary N) is 1. The molecule has 3 heterocycles. The van der Waals surface area contributed by atoms with Crippen molar-refractivity contribution < 1.29 is 4.39 Å². The lowest BCUT2D eigenvalue weighted by Crippen LogP contribution is -2.19. The summed E-state index contributed by atoms with van der Waals surface area (Å²) in [4.78, 5) is 20.5. The molecule has 7 heteroatoms. The highest BCUT2D eigenvalue weighted by Gasteiger charge is 2.17. The van der Waals surface area contributed by atoms with Crippen molar-refractivity contribution in [1.82, 2.24) is 19.1 Å². The van der Waals surface area contributed by atoms with Crippen molar-refractivity contribution in [2.24, 2.45) is 14.1 Å². The molecule has 0 aliphatic rings. The number of hydrogen-bond acceptors (Lipinski definition) is 3. The Morgan fingerprint density at radius 2 is 1.66 bits per heavy atom. The first kappa shape index (κ1) is 17.6. The van der Waals surface area contributed by atoms with E-state index in [0.717, 1.165) is 44.9 Å². The Hall–Kier alpha value is -3.45. The Morgan fingerprint density at radius 1 is 0.931 bits per heavy atom. The normalized spacial score (nSPS) is 11.4. The summed E-state index contributed by atoms with van der Waals surface area (Å²) in [7, 11) is 3.52. The highest BCUT2D eigenvalue weighted by Crippen LogP contribution is 2.34. The van der Waals surface area contributed by atoms with Crippen molar-refractivity contribution in [3.05, 3.63) is 75.6 Å². The first-order valence-electron chi connectivity index (χ1n) is 9.07. The van der Waals surface area contributed by atoms with E-state index in [1.54, 1.807) is 46.7 Å². The summed E-state index contributed by atoms with van der Waals surface area (Å²) in [5, 5.41) is 4.03. The van der Waals surface area contributed by atoms with Gasteiger partial charge in [-0.1, -0.05) is 6.07 Å². The molecule has 0 aliphatic carbocycles. The van der Waals surface area contributed by atoms with Crippen LogP contribution in [0, 0.1) is 5.82 Å². The zero-order valence-electron chi connectivity index (χ0n) is 15.8. The first-order valence-corrected chi connectivity index (χ1v) is 10.0. The number of fused-ring (bicyclic) bond motifs is 1. The second-order valence-corrected chi connectivity index (χ2v) is 7.71. The van der Waals surface area contributed by atoms with Crippen LogP contribution in [0.5, 0.6) is 0 Å². The molecule has 0 amide bonds. The fourth-order valence-electron chi connectivity index (χ4n) is 3.60. The van der Waals surface area contributed by atoms with E-state index in [1.165, 1.54) is 12.1 Å². The number of thiophene rings is 1. The molecule has 0 aliphatic heterocycles. The van der Waals surface area contributed by atoms with Crippen molar-refractivity contribution in [2.45, 2.75) is 0 Å². The van der Waals surface area contributed by atoms with Crippen molar-refractivity contribution in [3.8, 4) is 33.9 Å². The minimum Gasteiger partial charge on any atom is -0.337 e. The molecule has 0 radical (unpaired) electrons. The summed E-state index contributed by atoms with van der Waals surface area (Å²) in [6, 6.07) is 14.2. The maximum atomic E-state index is 13.5. The molecular weight excluding hydrogens is 387 g/mol. The van der Waals surface area contributed by atoms with Crippen LogP contribution in [0.15, 0.2) is 64.1 Å². The first-order chi connectivity index (χ1) is 14.0. The zero-order chi connectivity index (χ0) is 20.1. The predicted molar refractivity (Wildman–Crippen MR) is 114 cm³/mol. The van der Waals surface area contributed by atoms with Gasteiger partial charge in [0.05, 0.1) is 22.4 Å². The van der Waals surface area contributed by atoms with Crippen LogP contribution in [0.25, 0.3) is 44.9 Å². The van der Waals surface area contributed by atoms with Crippen LogP contribution in [-0.4, -0.2) is 19.1 Å². The van der Waals surface area contributed by atoms with Crippen molar-refractivity contribution in [3.63, 3.8) is 0 Å². The van der Waals surface area contributed by atoms with E-state index in [2.05, 4.69) is 4.98 Å². The van der Waals surface area contributed by atoms with Gasteiger partial charge in [0, 0.05) is 36.2 Å². The van der Waals surface area contributed by atoms with Crippen LogP contribution in [0.1, 0.15) is 0 Å². The Labute approximate surface area is 169 Å². The number of nitrogens with zero attached hydrogens (tertiary/aromatic N) is 3. The van der Waals surface area contributed by atoms with Gasteiger partial charge in [0.25, 0.3) is 0 Å². The molecule has 5 nitrogen and oxygen atoms in total. The topological polar surface area (TPSA) is 55.6 Å². The molecule has 5 rings (SSSR count). The number of halogens is 1. The van der Waals surface area contributed by atoms with E-state index in [1.807, 2.05) is 35.0 Å². The molecule has 0 saturated carbocycles. The standard InChI is InChI=1S/C22H17FN4OS/c1-26-17-8-5-14(11-18(17)27(2)22(26)28)20-19(13-3-6-16(23)7-4-13)24-21(25-20)15-9-10-29-12-15/h3-12H,1-2H3,(H,24,25). The van der Waals surface area contributed by atoms with Crippen LogP contribution in [0.4, 0.5) is 4.39 Å². The number of H-pyrrole nitrogens is 1. The number of aryl methyl sites for hydroxylation is 2. The van der Waals surface area contributed by atoms with Gasteiger partial charge < -0.3 is 4.98 Å². The summed E-state index contributed by atoms with van der Waals surface area (Å²) in [5.74, 6) is 0.469. The summed E-state index contributed by atoms with van der Waals surface area (Å²) >= 11 is 1.60. The van der Waals surface area contributed by atoms with Crippen LogP contribution in [-0.2, 0) is 14.1 Å². The Bertz CT molecular complexity index is 1390. The molecule has 29 heavy (non-hydrogen) atoms. The van der Waals surface area contributed by atoms with E-state index in [0.29, 0.717) is 0 Å². The molecule has 0 atom stereocenters. The molecule has 5 aromatic rings. The molecule has 0 saturated heterocycles. The number of aromatic nitrogens is 4. The highest BCUT2D eigenvalue weighted by atomic mass is 32.1. The molecule has 1 N–H and O–H groups in total. The van der Waals surface area contributed by atoms with E-state index < -0.39 is 0 Å². The molecule has 144 valence electrons. The number of hydrogen-bond donors (Lipinski definition) is 1. The van der Waals surface area contributed by atoms with Crippen LogP contribution in [0.2, 0.25) is 0 Å². The number of rotatable bonds is 3. The van der Waals surface area contributed by atoms with Crippen LogP contribution >= 0.6 is 11.3 Å².